The normalized spacial score (nSPS) is 19.1. The van der Waals surface area contributed by atoms with E-state index in [1.54, 1.807) is 7.11 Å². The lowest BCUT2D eigenvalue weighted by Crippen LogP contribution is -2.08. The highest BCUT2D eigenvalue weighted by atomic mass is 16.5. The van der Waals surface area contributed by atoms with Gasteiger partial charge in [-0.05, 0) is 29.9 Å². The molecule has 1 aromatic rings. The Morgan fingerprint density at radius 2 is 2.00 bits per heavy atom. The molecule has 2 heteroatoms. The molecule has 0 bridgehead atoms. The highest BCUT2D eigenvalue weighted by molar-refractivity contribution is 5.51. The van der Waals surface area contributed by atoms with Crippen LogP contribution < -0.4 is 0 Å². The summed E-state index contributed by atoms with van der Waals surface area (Å²) in [5.74, 6) is 0.309. The third kappa shape index (κ3) is 2.03. The Hall–Kier alpha value is -1.15. The van der Waals surface area contributed by atoms with Crippen molar-refractivity contribution >= 4 is 6.29 Å². The maximum absolute atomic E-state index is 10.5. The molecule has 0 saturated heterocycles. The number of methoxy groups -OCH3 is 1. The molecule has 0 heterocycles. The fraction of sp³-hybridized carbons (Fsp3) is 0.500. The Labute approximate surface area is 96.6 Å². The summed E-state index contributed by atoms with van der Waals surface area (Å²) < 4.78 is 5.53. The van der Waals surface area contributed by atoms with Crippen LogP contribution >= 0.6 is 0 Å². The highest BCUT2D eigenvalue weighted by Gasteiger charge is 2.44. The van der Waals surface area contributed by atoms with Crippen LogP contribution in [-0.2, 0) is 15.1 Å². The van der Waals surface area contributed by atoms with E-state index in [0.717, 1.165) is 19.1 Å². The summed E-state index contributed by atoms with van der Waals surface area (Å²) in [6.07, 6.45) is 3.81. The van der Waals surface area contributed by atoms with Crippen LogP contribution in [0.2, 0.25) is 0 Å². The maximum Gasteiger partial charge on any atom is 0.120 e. The molecular formula is C14H18O2. The molecule has 2 rings (SSSR count). The van der Waals surface area contributed by atoms with Crippen LogP contribution in [-0.4, -0.2) is 13.4 Å². The lowest BCUT2D eigenvalue weighted by molar-refractivity contribution is -0.108. The zero-order valence-corrected chi connectivity index (χ0v) is 9.90. The molecule has 1 aromatic carbocycles. The monoisotopic (exact) mass is 218 g/mol. The second kappa shape index (κ2) is 4.38. The summed E-state index contributed by atoms with van der Waals surface area (Å²) in [4.78, 5) is 10.5. The van der Waals surface area contributed by atoms with Crippen molar-refractivity contribution in [1.82, 2.24) is 0 Å². The summed E-state index contributed by atoms with van der Waals surface area (Å²) in [6, 6.07) is 8.49. The Balaban J connectivity index is 2.13. The third-order valence-corrected chi connectivity index (χ3v) is 3.55. The molecule has 0 aliphatic heterocycles. The van der Waals surface area contributed by atoms with Crippen LogP contribution in [0.1, 0.15) is 43.2 Å². The fourth-order valence-corrected chi connectivity index (χ4v) is 2.12. The van der Waals surface area contributed by atoms with Gasteiger partial charge < -0.3 is 9.53 Å². The molecule has 0 amide bonds. The predicted molar refractivity (Wildman–Crippen MR) is 63.5 cm³/mol. The van der Waals surface area contributed by atoms with Crippen molar-refractivity contribution in [3.8, 4) is 0 Å². The first-order chi connectivity index (χ1) is 7.72. The van der Waals surface area contributed by atoms with Crippen LogP contribution in [0.4, 0.5) is 0 Å². The molecule has 0 N–H and O–H groups in total. The second-order valence-electron chi connectivity index (χ2n) is 4.62. The van der Waals surface area contributed by atoms with Gasteiger partial charge in [-0.15, -0.1) is 0 Å². The zero-order chi connectivity index (χ0) is 11.6. The number of aldehydes is 1. The standard InChI is InChI=1S/C14H18O2/c1-11(7-10-15)12-3-5-13(6-4-12)14(16-2)8-9-14/h3-6,10-11H,7-9H2,1-2H3. The first-order valence-electron chi connectivity index (χ1n) is 5.81. The number of rotatable bonds is 5. The van der Waals surface area contributed by atoms with Gasteiger partial charge in [0.05, 0.1) is 5.60 Å². The Kier molecular flexibility index (Phi) is 3.10. The lowest BCUT2D eigenvalue weighted by Gasteiger charge is -2.15. The molecule has 16 heavy (non-hydrogen) atoms. The summed E-state index contributed by atoms with van der Waals surface area (Å²) in [7, 11) is 1.77. The maximum atomic E-state index is 10.5. The molecule has 86 valence electrons. The SMILES string of the molecule is COC1(c2ccc(C(C)CC=O)cc2)CC1. The lowest BCUT2D eigenvalue weighted by atomic mass is 9.96. The minimum atomic E-state index is -0.00751. The van der Waals surface area contributed by atoms with Crippen LogP contribution in [0.25, 0.3) is 0 Å². The minimum Gasteiger partial charge on any atom is -0.374 e. The van der Waals surface area contributed by atoms with Gasteiger partial charge in [-0.1, -0.05) is 31.2 Å². The van der Waals surface area contributed by atoms with Crippen LogP contribution in [0, 0.1) is 0 Å². The molecular weight excluding hydrogens is 200 g/mol. The molecule has 0 aromatic heterocycles. The summed E-state index contributed by atoms with van der Waals surface area (Å²) in [6.45, 7) is 2.08. The summed E-state index contributed by atoms with van der Waals surface area (Å²) in [5, 5.41) is 0. The van der Waals surface area contributed by atoms with E-state index in [1.165, 1.54) is 11.1 Å². The molecule has 0 radical (unpaired) electrons. The van der Waals surface area contributed by atoms with Gasteiger partial charge >= 0.3 is 0 Å². The topological polar surface area (TPSA) is 26.3 Å². The smallest absolute Gasteiger partial charge is 0.120 e. The van der Waals surface area contributed by atoms with Crippen molar-refractivity contribution in [3.63, 3.8) is 0 Å². The first kappa shape index (κ1) is 11.3. The van der Waals surface area contributed by atoms with Crippen molar-refractivity contribution in [2.75, 3.05) is 7.11 Å². The Morgan fingerprint density at radius 3 is 2.44 bits per heavy atom. The van der Waals surface area contributed by atoms with Crippen LogP contribution in [0.5, 0.6) is 0 Å². The molecule has 1 aliphatic rings. The largest absolute Gasteiger partial charge is 0.374 e. The van der Waals surface area contributed by atoms with Crippen molar-refractivity contribution in [2.45, 2.75) is 37.7 Å². The average molecular weight is 218 g/mol. The van der Waals surface area contributed by atoms with E-state index in [9.17, 15) is 4.79 Å². The van der Waals surface area contributed by atoms with E-state index in [4.69, 9.17) is 4.74 Å². The van der Waals surface area contributed by atoms with E-state index in [0.29, 0.717) is 12.3 Å². The van der Waals surface area contributed by atoms with Gasteiger partial charge in [0.15, 0.2) is 0 Å². The zero-order valence-electron chi connectivity index (χ0n) is 9.90. The predicted octanol–water partition coefficient (Wildman–Crippen LogP) is 3.01. The van der Waals surface area contributed by atoms with Gasteiger partial charge in [0.25, 0.3) is 0 Å². The highest BCUT2D eigenvalue weighted by Crippen LogP contribution is 2.48. The van der Waals surface area contributed by atoms with Crippen LogP contribution in [0.15, 0.2) is 24.3 Å². The van der Waals surface area contributed by atoms with Crippen molar-refractivity contribution < 1.29 is 9.53 Å². The molecule has 2 nitrogen and oxygen atoms in total. The summed E-state index contributed by atoms with van der Waals surface area (Å²) in [5.41, 5.74) is 2.48. The van der Waals surface area contributed by atoms with Crippen molar-refractivity contribution in [1.29, 1.82) is 0 Å². The van der Waals surface area contributed by atoms with E-state index >= 15 is 0 Å². The van der Waals surface area contributed by atoms with Crippen molar-refractivity contribution in [2.24, 2.45) is 0 Å². The van der Waals surface area contributed by atoms with Gasteiger partial charge in [0.1, 0.15) is 6.29 Å². The first-order valence-corrected chi connectivity index (χ1v) is 5.81. The van der Waals surface area contributed by atoms with E-state index in [2.05, 4.69) is 31.2 Å². The number of hydrogen-bond acceptors (Lipinski definition) is 2. The number of ether oxygens (including phenoxy) is 1. The van der Waals surface area contributed by atoms with E-state index in [-0.39, 0.29) is 5.60 Å². The number of hydrogen-bond donors (Lipinski definition) is 0. The van der Waals surface area contributed by atoms with E-state index < -0.39 is 0 Å². The molecule has 1 saturated carbocycles. The quantitative estimate of drug-likeness (QED) is 0.710. The van der Waals surface area contributed by atoms with Gasteiger partial charge in [0.2, 0.25) is 0 Å². The average Bonchev–Trinajstić information content (AvgIpc) is 3.10. The molecule has 1 unspecified atom stereocenters. The molecule has 0 spiro atoms. The Morgan fingerprint density at radius 1 is 1.38 bits per heavy atom. The number of carbonyl (C=O) groups excluding carboxylic acids is 1. The molecule has 1 fully saturated rings. The van der Waals surface area contributed by atoms with Gasteiger partial charge in [-0.2, -0.15) is 0 Å². The van der Waals surface area contributed by atoms with Gasteiger partial charge in [0, 0.05) is 13.5 Å². The summed E-state index contributed by atoms with van der Waals surface area (Å²) >= 11 is 0. The van der Waals surface area contributed by atoms with Crippen molar-refractivity contribution in [3.05, 3.63) is 35.4 Å². The third-order valence-electron chi connectivity index (χ3n) is 3.55. The minimum absolute atomic E-state index is 0.00751. The number of benzene rings is 1. The molecule has 1 atom stereocenters. The van der Waals surface area contributed by atoms with Gasteiger partial charge in [-0.25, -0.2) is 0 Å². The van der Waals surface area contributed by atoms with Crippen LogP contribution in [0.3, 0.4) is 0 Å². The van der Waals surface area contributed by atoms with Gasteiger partial charge in [-0.3, -0.25) is 0 Å². The Bertz CT molecular complexity index is 363. The second-order valence-corrected chi connectivity index (χ2v) is 4.62. The number of carbonyl (C=O) groups is 1. The fourth-order valence-electron chi connectivity index (χ4n) is 2.12. The molecule has 1 aliphatic carbocycles. The van der Waals surface area contributed by atoms with E-state index in [1.807, 2.05) is 0 Å².